The lowest BCUT2D eigenvalue weighted by molar-refractivity contribution is -0.0810. The molecule has 3 nitrogen and oxygen atoms in total. The van der Waals surface area contributed by atoms with Crippen molar-refractivity contribution in [2.45, 2.75) is 59.6 Å². The standard InChI is InChI=1S/C11H26N2O/c1-7-11(6,14-8-2)9(13-12)10(3,4)5/h9,13H,7-8,12H2,1-6H3. The first-order valence-corrected chi connectivity index (χ1v) is 5.42. The number of hydrogen-bond donors (Lipinski definition) is 2. The van der Waals surface area contributed by atoms with Crippen molar-refractivity contribution in [1.82, 2.24) is 5.43 Å². The van der Waals surface area contributed by atoms with Gasteiger partial charge in [-0.3, -0.25) is 11.3 Å². The van der Waals surface area contributed by atoms with E-state index in [1.807, 2.05) is 6.92 Å². The molecule has 0 spiro atoms. The molecular formula is C11H26N2O. The van der Waals surface area contributed by atoms with Crippen molar-refractivity contribution >= 4 is 0 Å². The van der Waals surface area contributed by atoms with Crippen LogP contribution in [-0.2, 0) is 4.74 Å². The second kappa shape index (κ2) is 5.10. The van der Waals surface area contributed by atoms with E-state index in [1.165, 1.54) is 0 Å². The van der Waals surface area contributed by atoms with Crippen molar-refractivity contribution in [2.24, 2.45) is 11.3 Å². The second-order valence-electron chi connectivity index (χ2n) is 5.06. The Morgan fingerprint density at radius 1 is 1.21 bits per heavy atom. The number of hydrazine groups is 1. The second-order valence-corrected chi connectivity index (χ2v) is 5.06. The van der Waals surface area contributed by atoms with E-state index in [4.69, 9.17) is 10.6 Å². The molecule has 0 aromatic carbocycles. The van der Waals surface area contributed by atoms with E-state index >= 15 is 0 Å². The third kappa shape index (κ3) is 3.23. The van der Waals surface area contributed by atoms with Gasteiger partial charge in [-0.25, -0.2) is 0 Å². The predicted molar refractivity (Wildman–Crippen MR) is 60.9 cm³/mol. The van der Waals surface area contributed by atoms with Crippen molar-refractivity contribution in [3.63, 3.8) is 0 Å². The van der Waals surface area contributed by atoms with Gasteiger partial charge in [0.2, 0.25) is 0 Å². The lowest BCUT2D eigenvalue weighted by Gasteiger charge is -2.43. The fourth-order valence-corrected chi connectivity index (χ4v) is 2.06. The fourth-order valence-electron chi connectivity index (χ4n) is 2.06. The molecule has 0 heterocycles. The Labute approximate surface area is 88.4 Å². The van der Waals surface area contributed by atoms with Crippen LogP contribution in [0.1, 0.15) is 48.0 Å². The van der Waals surface area contributed by atoms with Crippen molar-refractivity contribution in [2.75, 3.05) is 6.61 Å². The molecule has 0 rings (SSSR count). The molecule has 0 fully saturated rings. The molecule has 0 aromatic rings. The Kier molecular flexibility index (Phi) is 5.06. The van der Waals surface area contributed by atoms with Crippen LogP contribution in [0, 0.1) is 5.41 Å². The molecule has 0 aromatic heterocycles. The van der Waals surface area contributed by atoms with Crippen molar-refractivity contribution in [3.8, 4) is 0 Å². The third-order valence-corrected chi connectivity index (χ3v) is 2.82. The number of nitrogens with two attached hydrogens (primary N) is 1. The number of hydrogen-bond acceptors (Lipinski definition) is 3. The first kappa shape index (κ1) is 13.9. The van der Waals surface area contributed by atoms with E-state index in [1.54, 1.807) is 0 Å². The van der Waals surface area contributed by atoms with Crippen LogP contribution in [0.2, 0.25) is 0 Å². The van der Waals surface area contributed by atoms with E-state index in [-0.39, 0.29) is 17.1 Å². The van der Waals surface area contributed by atoms with Gasteiger partial charge in [0.15, 0.2) is 0 Å². The molecule has 0 aliphatic rings. The van der Waals surface area contributed by atoms with Crippen molar-refractivity contribution in [1.29, 1.82) is 0 Å². The van der Waals surface area contributed by atoms with Gasteiger partial charge in [0.05, 0.1) is 11.6 Å². The predicted octanol–water partition coefficient (Wildman–Crippen LogP) is 2.07. The molecule has 2 atom stereocenters. The molecule has 2 unspecified atom stereocenters. The average molecular weight is 202 g/mol. The highest BCUT2D eigenvalue weighted by molar-refractivity contribution is 4.94. The van der Waals surface area contributed by atoms with E-state index in [0.717, 1.165) is 13.0 Å². The van der Waals surface area contributed by atoms with Crippen LogP contribution in [0.5, 0.6) is 0 Å². The maximum atomic E-state index is 5.82. The first-order valence-electron chi connectivity index (χ1n) is 5.42. The minimum atomic E-state index is -0.193. The summed E-state index contributed by atoms with van der Waals surface area (Å²) in [6.07, 6.45) is 0.951. The van der Waals surface area contributed by atoms with Crippen molar-refractivity contribution in [3.05, 3.63) is 0 Å². The van der Waals surface area contributed by atoms with Gasteiger partial charge in [-0.15, -0.1) is 0 Å². The summed E-state index contributed by atoms with van der Waals surface area (Å²) in [5.74, 6) is 5.62. The molecule has 0 bridgehead atoms. The Morgan fingerprint density at radius 3 is 1.93 bits per heavy atom. The van der Waals surface area contributed by atoms with Crippen LogP contribution in [0.3, 0.4) is 0 Å². The lowest BCUT2D eigenvalue weighted by atomic mass is 9.76. The number of ether oxygens (including phenoxy) is 1. The highest BCUT2D eigenvalue weighted by atomic mass is 16.5. The molecule has 86 valence electrons. The van der Waals surface area contributed by atoms with Gasteiger partial charge in [0.25, 0.3) is 0 Å². The van der Waals surface area contributed by atoms with Gasteiger partial charge >= 0.3 is 0 Å². The summed E-state index contributed by atoms with van der Waals surface area (Å²) < 4.78 is 5.82. The summed E-state index contributed by atoms with van der Waals surface area (Å²) in [5, 5.41) is 0. The maximum absolute atomic E-state index is 5.82. The lowest BCUT2D eigenvalue weighted by Crippen LogP contribution is -2.59. The van der Waals surface area contributed by atoms with Gasteiger partial charge in [-0.1, -0.05) is 27.7 Å². The number of nitrogens with one attached hydrogen (secondary N) is 1. The Balaban J connectivity index is 4.77. The smallest absolute Gasteiger partial charge is 0.0822 e. The fraction of sp³-hybridized carbons (Fsp3) is 1.00. The van der Waals surface area contributed by atoms with Crippen LogP contribution >= 0.6 is 0 Å². The van der Waals surface area contributed by atoms with Gasteiger partial charge in [-0.05, 0) is 25.7 Å². The van der Waals surface area contributed by atoms with Crippen molar-refractivity contribution < 1.29 is 4.74 Å². The highest BCUT2D eigenvalue weighted by Crippen LogP contribution is 2.32. The Morgan fingerprint density at radius 2 is 1.71 bits per heavy atom. The summed E-state index contributed by atoms with van der Waals surface area (Å²) in [6.45, 7) is 13.5. The average Bonchev–Trinajstić information content (AvgIpc) is 2.03. The van der Waals surface area contributed by atoms with E-state index in [9.17, 15) is 0 Å². The maximum Gasteiger partial charge on any atom is 0.0822 e. The molecule has 3 N–H and O–H groups in total. The summed E-state index contributed by atoms with van der Waals surface area (Å²) in [6, 6.07) is 0.153. The van der Waals surface area contributed by atoms with Gasteiger partial charge in [-0.2, -0.15) is 0 Å². The normalized spacial score (nSPS) is 19.1. The molecule has 3 heteroatoms. The van der Waals surface area contributed by atoms with Crippen LogP contribution in [0.15, 0.2) is 0 Å². The monoisotopic (exact) mass is 202 g/mol. The zero-order chi connectivity index (χ0) is 11.4. The van der Waals surface area contributed by atoms with Crippen LogP contribution < -0.4 is 11.3 Å². The van der Waals surface area contributed by atoms with Crippen LogP contribution in [-0.4, -0.2) is 18.2 Å². The van der Waals surface area contributed by atoms with Gasteiger partial charge in [0, 0.05) is 6.61 Å². The zero-order valence-electron chi connectivity index (χ0n) is 10.5. The summed E-state index contributed by atoms with van der Waals surface area (Å²) in [7, 11) is 0. The first-order chi connectivity index (χ1) is 6.31. The van der Waals surface area contributed by atoms with E-state index in [0.29, 0.717) is 0 Å². The summed E-state index contributed by atoms with van der Waals surface area (Å²) >= 11 is 0. The van der Waals surface area contributed by atoms with Crippen LogP contribution in [0.4, 0.5) is 0 Å². The van der Waals surface area contributed by atoms with Gasteiger partial charge < -0.3 is 4.74 Å². The third-order valence-electron chi connectivity index (χ3n) is 2.82. The quantitative estimate of drug-likeness (QED) is 0.530. The molecule has 0 amide bonds. The molecule has 0 aliphatic carbocycles. The molecule has 0 aliphatic heterocycles. The minimum Gasteiger partial charge on any atom is -0.374 e. The molecule has 14 heavy (non-hydrogen) atoms. The Bertz CT molecular complexity index is 165. The van der Waals surface area contributed by atoms with Gasteiger partial charge in [0.1, 0.15) is 0 Å². The largest absolute Gasteiger partial charge is 0.374 e. The topological polar surface area (TPSA) is 47.3 Å². The van der Waals surface area contributed by atoms with E-state index in [2.05, 4.69) is 40.0 Å². The molecule has 0 radical (unpaired) electrons. The highest BCUT2D eigenvalue weighted by Gasteiger charge is 2.40. The Hall–Kier alpha value is -0.120. The molecule has 0 saturated heterocycles. The SMILES string of the molecule is CCOC(C)(CC)C(NN)C(C)(C)C. The van der Waals surface area contributed by atoms with Crippen LogP contribution in [0.25, 0.3) is 0 Å². The summed E-state index contributed by atoms with van der Waals surface area (Å²) in [4.78, 5) is 0. The summed E-state index contributed by atoms with van der Waals surface area (Å²) in [5.41, 5.74) is 2.79. The molecular weight excluding hydrogens is 176 g/mol. The minimum absolute atomic E-state index is 0.0919. The van der Waals surface area contributed by atoms with E-state index < -0.39 is 0 Å². The molecule has 0 saturated carbocycles. The zero-order valence-corrected chi connectivity index (χ0v) is 10.5. The number of rotatable bonds is 5.